The first-order valence-electron chi connectivity index (χ1n) is 40.3. The van der Waals surface area contributed by atoms with E-state index < -0.39 is 124 Å². The highest BCUT2D eigenvalue weighted by molar-refractivity contribution is 5.76. The van der Waals surface area contributed by atoms with E-state index in [1.807, 2.05) is 6.08 Å². The Bertz CT molecular complexity index is 2330. The van der Waals surface area contributed by atoms with Crippen LogP contribution < -0.4 is 5.32 Å². The fraction of sp³-hybridized carbons (Fsp3) is 0.750. The first-order valence-corrected chi connectivity index (χ1v) is 40.3. The summed E-state index contributed by atoms with van der Waals surface area (Å²) in [6, 6.07) is -1.01. The molecule has 12 N–H and O–H groups in total. The van der Waals surface area contributed by atoms with Gasteiger partial charge >= 0.3 is 0 Å². The number of ether oxygens (including phenoxy) is 6. The molecule has 3 aliphatic heterocycles. The number of nitrogens with one attached hydrogen (secondary N) is 1. The molecule has 1 amide bonds. The van der Waals surface area contributed by atoms with E-state index in [1.165, 1.54) is 135 Å². The highest BCUT2D eigenvalue weighted by atomic mass is 16.8. The van der Waals surface area contributed by atoms with Gasteiger partial charge < -0.3 is 89.9 Å². The summed E-state index contributed by atoms with van der Waals surface area (Å²) in [6.07, 6.45) is 61.8. The highest BCUT2D eigenvalue weighted by Gasteiger charge is 2.54. The fourth-order valence-electron chi connectivity index (χ4n) is 12.8. The molecule has 19 heteroatoms. The van der Waals surface area contributed by atoms with Crippen molar-refractivity contribution in [3.8, 4) is 0 Å². The Morgan fingerprint density at radius 2 is 0.680 bits per heavy atom. The molecule has 0 aromatic rings. The molecule has 3 aliphatic rings. The average molecular weight is 1460 g/mol. The molecule has 17 unspecified atom stereocenters. The van der Waals surface area contributed by atoms with Gasteiger partial charge in [0.15, 0.2) is 18.9 Å². The lowest BCUT2D eigenvalue weighted by atomic mass is 9.96. The largest absolute Gasteiger partial charge is 0.394 e. The number of allylic oxidation sites excluding steroid dienone is 19. The van der Waals surface area contributed by atoms with Gasteiger partial charge in [0.1, 0.15) is 73.2 Å². The van der Waals surface area contributed by atoms with Crippen molar-refractivity contribution >= 4 is 5.91 Å². The van der Waals surface area contributed by atoms with E-state index >= 15 is 0 Å². The van der Waals surface area contributed by atoms with Gasteiger partial charge in [-0.2, -0.15) is 0 Å². The molecule has 17 atom stereocenters. The Hall–Kier alpha value is -3.81. The van der Waals surface area contributed by atoms with E-state index in [0.717, 1.165) is 103 Å². The Labute approximate surface area is 620 Å². The van der Waals surface area contributed by atoms with Crippen LogP contribution in [0.2, 0.25) is 0 Å². The van der Waals surface area contributed by atoms with Crippen LogP contribution in [0.1, 0.15) is 271 Å². The first-order chi connectivity index (χ1) is 50.3. The molecular formula is C84H143NO18. The lowest BCUT2D eigenvalue weighted by Crippen LogP contribution is -2.66. The van der Waals surface area contributed by atoms with E-state index in [9.17, 15) is 61.0 Å². The molecule has 0 bridgehead atoms. The number of hydrogen-bond donors (Lipinski definition) is 12. The SMILES string of the molecule is CC/C=C\C/C=C\C/C=C\C/C=C\C/C=C\C/C=C\C/C=C\CCCCCCCCCCCCCC(=O)NC(COC1OC(CO)C(OC2OC(CO)C(OC3OC(CO)C(O)C(O)C3O)C(O)C2O)C(O)C1O)C(O)/C=C/CC/C=C/CC/C=C/CCCCCCCCCCCCCCCCC. The minimum absolute atomic E-state index is 0.221. The van der Waals surface area contributed by atoms with Gasteiger partial charge in [0.25, 0.3) is 0 Å². The number of carbonyl (C=O) groups excluding carboxylic acids is 1. The van der Waals surface area contributed by atoms with Crippen molar-refractivity contribution in [3.05, 3.63) is 122 Å². The minimum atomic E-state index is -1.99. The molecular weight excluding hydrogens is 1310 g/mol. The topological polar surface area (TPSA) is 307 Å². The van der Waals surface area contributed by atoms with Gasteiger partial charge in [0.2, 0.25) is 5.91 Å². The van der Waals surface area contributed by atoms with Crippen LogP contribution in [-0.2, 0) is 33.2 Å². The zero-order valence-corrected chi connectivity index (χ0v) is 63.3. The van der Waals surface area contributed by atoms with Crippen LogP contribution in [0.15, 0.2) is 122 Å². The summed E-state index contributed by atoms with van der Waals surface area (Å²) in [5.41, 5.74) is 0. The van der Waals surface area contributed by atoms with Gasteiger partial charge in [-0.15, -0.1) is 0 Å². The number of unbranched alkanes of at least 4 members (excludes halogenated alkanes) is 28. The van der Waals surface area contributed by atoms with Crippen molar-refractivity contribution in [2.75, 3.05) is 26.4 Å². The highest BCUT2D eigenvalue weighted by Crippen LogP contribution is 2.33. The molecule has 103 heavy (non-hydrogen) atoms. The van der Waals surface area contributed by atoms with Gasteiger partial charge in [0, 0.05) is 6.42 Å². The summed E-state index contributed by atoms with van der Waals surface area (Å²) in [5, 5.41) is 121. The molecule has 3 heterocycles. The fourth-order valence-corrected chi connectivity index (χ4v) is 12.8. The first kappa shape index (κ1) is 93.4. The predicted octanol–water partition coefficient (Wildman–Crippen LogP) is 13.5. The molecule has 0 aromatic heterocycles. The van der Waals surface area contributed by atoms with Crippen molar-refractivity contribution in [3.63, 3.8) is 0 Å². The van der Waals surface area contributed by atoms with Gasteiger partial charge in [-0.1, -0.05) is 283 Å². The molecule has 3 rings (SSSR count). The monoisotopic (exact) mass is 1450 g/mol. The van der Waals surface area contributed by atoms with Gasteiger partial charge in [-0.3, -0.25) is 4.79 Å². The maximum atomic E-state index is 13.5. The lowest BCUT2D eigenvalue weighted by Gasteiger charge is -2.48. The van der Waals surface area contributed by atoms with E-state index in [4.69, 9.17) is 28.4 Å². The van der Waals surface area contributed by atoms with Crippen LogP contribution in [0, 0.1) is 0 Å². The van der Waals surface area contributed by atoms with Gasteiger partial charge in [-0.25, -0.2) is 0 Å². The molecule has 3 fully saturated rings. The molecule has 0 saturated carbocycles. The molecule has 592 valence electrons. The van der Waals surface area contributed by atoms with Crippen molar-refractivity contribution in [2.24, 2.45) is 0 Å². The third-order valence-corrected chi connectivity index (χ3v) is 19.2. The Balaban J connectivity index is 1.39. The second-order valence-corrected chi connectivity index (χ2v) is 28.1. The Kier molecular flexibility index (Phi) is 57.3. The van der Waals surface area contributed by atoms with E-state index in [1.54, 1.807) is 6.08 Å². The average Bonchev–Trinajstić information content (AvgIpc) is 0.781. The normalized spacial score (nSPS) is 26.7. The quantitative estimate of drug-likeness (QED) is 0.0199. The smallest absolute Gasteiger partial charge is 0.220 e. The molecule has 3 saturated heterocycles. The molecule has 0 spiro atoms. The summed E-state index contributed by atoms with van der Waals surface area (Å²) < 4.78 is 34.4. The zero-order valence-electron chi connectivity index (χ0n) is 63.3. The van der Waals surface area contributed by atoms with Crippen LogP contribution in [0.4, 0.5) is 0 Å². The minimum Gasteiger partial charge on any atom is -0.394 e. The van der Waals surface area contributed by atoms with E-state index in [-0.39, 0.29) is 18.9 Å². The standard InChI is InChI=1S/C84H143NO18/c1-3-5-7-9-11-13-15-17-19-21-23-25-27-29-30-31-32-33-34-35-36-38-40-42-44-46-48-50-52-54-56-58-60-62-72(90)85-67(68(89)61-59-57-55-53-51-49-47-45-43-41-39-37-28-26-24-22-20-18-16-14-12-10-8-6-4-2)66-98-82-78(96)75(93)80(70(64-87)100-82)103-84-79(97)76(94)81(71(65-88)101-84)102-83-77(95)74(92)73(91)69(63-86)99-83/h5,7,11,13,17,19,23,25,29-30,32-33,35-36,43,45,51,53,59,61,67-71,73-84,86-89,91-97H,3-4,6,8-10,12,14-16,18,20-22,24,26-28,31,34,37-42,44,46-50,52,54-58,60,62-66H2,1-2H3,(H,85,90)/b7-5-,13-11-,19-17-,25-23-,30-29-,33-32-,36-35-,45-43+,53-51+,61-59+. The summed E-state index contributed by atoms with van der Waals surface area (Å²) >= 11 is 0. The molecule has 0 aliphatic carbocycles. The van der Waals surface area contributed by atoms with Gasteiger partial charge in [-0.05, 0) is 103 Å². The number of aliphatic hydroxyl groups is 11. The number of rotatable bonds is 62. The lowest BCUT2D eigenvalue weighted by molar-refractivity contribution is -0.379. The number of hydrogen-bond acceptors (Lipinski definition) is 18. The summed E-state index contributed by atoms with van der Waals surface area (Å²) in [4.78, 5) is 13.5. The summed E-state index contributed by atoms with van der Waals surface area (Å²) in [6.45, 7) is 1.60. The number of amides is 1. The van der Waals surface area contributed by atoms with Crippen LogP contribution in [0.5, 0.6) is 0 Å². The second-order valence-electron chi connectivity index (χ2n) is 28.1. The van der Waals surface area contributed by atoms with Crippen molar-refractivity contribution in [1.29, 1.82) is 0 Å². The Morgan fingerprint density at radius 3 is 1.09 bits per heavy atom. The van der Waals surface area contributed by atoms with E-state index in [2.05, 4.69) is 129 Å². The van der Waals surface area contributed by atoms with Crippen LogP contribution in [0.25, 0.3) is 0 Å². The predicted molar refractivity (Wildman–Crippen MR) is 410 cm³/mol. The van der Waals surface area contributed by atoms with Crippen molar-refractivity contribution in [2.45, 2.75) is 375 Å². The maximum absolute atomic E-state index is 13.5. The molecule has 0 aromatic carbocycles. The van der Waals surface area contributed by atoms with Crippen LogP contribution >= 0.6 is 0 Å². The Morgan fingerprint density at radius 1 is 0.359 bits per heavy atom. The number of carbonyl (C=O) groups is 1. The van der Waals surface area contributed by atoms with Crippen molar-refractivity contribution in [1.82, 2.24) is 5.32 Å². The summed E-state index contributed by atoms with van der Waals surface area (Å²) in [5.74, 6) is -0.296. The van der Waals surface area contributed by atoms with E-state index in [0.29, 0.717) is 12.8 Å². The second kappa shape index (κ2) is 63.2. The zero-order chi connectivity index (χ0) is 74.6. The molecule has 19 nitrogen and oxygen atoms in total. The van der Waals surface area contributed by atoms with Crippen LogP contribution in [-0.4, -0.2) is 193 Å². The van der Waals surface area contributed by atoms with Crippen LogP contribution in [0.3, 0.4) is 0 Å². The summed E-state index contributed by atoms with van der Waals surface area (Å²) in [7, 11) is 0. The molecule has 0 radical (unpaired) electrons. The number of aliphatic hydroxyl groups excluding tert-OH is 11. The van der Waals surface area contributed by atoms with Gasteiger partial charge in [0.05, 0.1) is 38.6 Å². The maximum Gasteiger partial charge on any atom is 0.220 e. The third-order valence-electron chi connectivity index (χ3n) is 19.2. The van der Waals surface area contributed by atoms with Crippen molar-refractivity contribution < 1.29 is 89.4 Å². The third kappa shape index (κ3) is 43.1.